The van der Waals surface area contributed by atoms with E-state index in [4.69, 9.17) is 5.73 Å². The maximum atomic E-state index is 5.66. The van der Waals surface area contributed by atoms with Crippen molar-refractivity contribution in [2.75, 3.05) is 5.73 Å². The molecule has 0 amide bonds. The SMILES string of the molecule is CC(C)Cc1cccnc1N.CCc1ccccn1. The first-order valence-corrected chi connectivity index (χ1v) is 6.72. The molecule has 2 heterocycles. The van der Waals surface area contributed by atoms with Crippen molar-refractivity contribution in [2.45, 2.75) is 33.6 Å². The zero-order valence-electron chi connectivity index (χ0n) is 12.0. The van der Waals surface area contributed by atoms with Crippen LogP contribution in [0.1, 0.15) is 32.0 Å². The number of aryl methyl sites for hydroxylation is 1. The highest BCUT2D eigenvalue weighted by Crippen LogP contribution is 2.12. The van der Waals surface area contributed by atoms with Crippen molar-refractivity contribution in [3.8, 4) is 0 Å². The van der Waals surface area contributed by atoms with Gasteiger partial charge in [-0.05, 0) is 42.5 Å². The third kappa shape index (κ3) is 6.00. The highest BCUT2D eigenvalue weighted by Gasteiger charge is 2.00. The van der Waals surface area contributed by atoms with Crippen LogP contribution in [0.4, 0.5) is 5.82 Å². The molecule has 0 aliphatic rings. The normalized spacial score (nSPS) is 9.89. The van der Waals surface area contributed by atoms with Crippen LogP contribution < -0.4 is 5.73 Å². The standard InChI is InChI=1S/C9H14N2.C7H9N/c1-7(2)6-8-4-3-5-11-9(8)10;1-2-7-5-3-4-6-8-7/h3-5,7H,6H2,1-2H3,(H2,10,11);3-6H,2H2,1H3. The van der Waals surface area contributed by atoms with Crippen LogP contribution in [-0.2, 0) is 12.8 Å². The van der Waals surface area contributed by atoms with E-state index in [1.807, 2.05) is 36.5 Å². The van der Waals surface area contributed by atoms with Gasteiger partial charge in [0.25, 0.3) is 0 Å². The first-order valence-electron chi connectivity index (χ1n) is 6.72. The minimum absolute atomic E-state index is 0.640. The molecule has 0 aliphatic carbocycles. The summed E-state index contributed by atoms with van der Waals surface area (Å²) in [6.45, 7) is 6.45. The molecule has 2 aromatic heterocycles. The van der Waals surface area contributed by atoms with Gasteiger partial charge in [-0.1, -0.05) is 32.9 Å². The first kappa shape index (κ1) is 15.2. The van der Waals surface area contributed by atoms with E-state index in [2.05, 4.69) is 30.7 Å². The molecular weight excluding hydrogens is 234 g/mol. The van der Waals surface area contributed by atoms with E-state index in [0.717, 1.165) is 24.1 Å². The Hall–Kier alpha value is -1.90. The van der Waals surface area contributed by atoms with Gasteiger partial charge in [-0.3, -0.25) is 4.98 Å². The molecule has 0 fully saturated rings. The molecule has 0 saturated heterocycles. The largest absolute Gasteiger partial charge is 0.383 e. The van der Waals surface area contributed by atoms with Crippen LogP contribution in [0.2, 0.25) is 0 Å². The predicted octanol–water partition coefficient (Wildman–Crippen LogP) is 3.51. The molecule has 102 valence electrons. The molecule has 2 aromatic rings. The summed E-state index contributed by atoms with van der Waals surface area (Å²) in [5.74, 6) is 1.31. The molecule has 0 aromatic carbocycles. The molecule has 3 heteroatoms. The van der Waals surface area contributed by atoms with Gasteiger partial charge >= 0.3 is 0 Å². The van der Waals surface area contributed by atoms with Crippen molar-refractivity contribution in [3.05, 3.63) is 54.0 Å². The molecule has 0 aliphatic heterocycles. The van der Waals surface area contributed by atoms with E-state index < -0.39 is 0 Å². The summed E-state index contributed by atoms with van der Waals surface area (Å²) < 4.78 is 0. The lowest BCUT2D eigenvalue weighted by atomic mass is 10.0. The number of nitrogens with two attached hydrogens (primary N) is 1. The number of aromatic nitrogens is 2. The average Bonchev–Trinajstić information content (AvgIpc) is 2.43. The molecule has 0 bridgehead atoms. The highest BCUT2D eigenvalue weighted by molar-refractivity contribution is 5.38. The molecule has 19 heavy (non-hydrogen) atoms. The van der Waals surface area contributed by atoms with Crippen molar-refractivity contribution in [1.82, 2.24) is 9.97 Å². The van der Waals surface area contributed by atoms with Gasteiger partial charge in [0, 0.05) is 18.1 Å². The Morgan fingerprint density at radius 2 is 1.79 bits per heavy atom. The third-order valence-corrected chi connectivity index (χ3v) is 2.64. The molecule has 0 atom stereocenters. The zero-order valence-corrected chi connectivity index (χ0v) is 12.0. The average molecular weight is 257 g/mol. The number of hydrogen-bond donors (Lipinski definition) is 1. The van der Waals surface area contributed by atoms with Crippen LogP contribution in [0.25, 0.3) is 0 Å². The molecule has 2 N–H and O–H groups in total. The number of nitrogens with zero attached hydrogens (tertiary/aromatic N) is 2. The Balaban J connectivity index is 0.000000200. The predicted molar refractivity (Wildman–Crippen MR) is 80.8 cm³/mol. The fourth-order valence-electron chi connectivity index (χ4n) is 1.67. The van der Waals surface area contributed by atoms with Gasteiger partial charge in [-0.2, -0.15) is 0 Å². The van der Waals surface area contributed by atoms with E-state index in [0.29, 0.717) is 11.7 Å². The number of anilines is 1. The van der Waals surface area contributed by atoms with Gasteiger partial charge in [0.2, 0.25) is 0 Å². The summed E-state index contributed by atoms with van der Waals surface area (Å²) in [4.78, 5) is 8.11. The van der Waals surface area contributed by atoms with Crippen LogP contribution in [0.3, 0.4) is 0 Å². The fourth-order valence-corrected chi connectivity index (χ4v) is 1.67. The number of pyridine rings is 2. The Bertz CT molecular complexity index is 466. The van der Waals surface area contributed by atoms with Crippen LogP contribution in [0.5, 0.6) is 0 Å². The lowest BCUT2D eigenvalue weighted by molar-refractivity contribution is 0.647. The monoisotopic (exact) mass is 257 g/mol. The van der Waals surface area contributed by atoms with Crippen molar-refractivity contribution in [3.63, 3.8) is 0 Å². The zero-order chi connectivity index (χ0) is 14.1. The topological polar surface area (TPSA) is 51.8 Å². The van der Waals surface area contributed by atoms with E-state index in [1.54, 1.807) is 6.20 Å². The molecule has 2 rings (SSSR count). The van der Waals surface area contributed by atoms with Crippen LogP contribution in [0.15, 0.2) is 42.7 Å². The van der Waals surface area contributed by atoms with Gasteiger partial charge in [0.15, 0.2) is 0 Å². The summed E-state index contributed by atoms with van der Waals surface area (Å²) in [7, 11) is 0. The molecular formula is C16H23N3. The van der Waals surface area contributed by atoms with Crippen molar-refractivity contribution >= 4 is 5.82 Å². The Labute approximate surface area is 115 Å². The molecule has 0 radical (unpaired) electrons. The second-order valence-electron chi connectivity index (χ2n) is 4.82. The quantitative estimate of drug-likeness (QED) is 0.915. The summed E-state index contributed by atoms with van der Waals surface area (Å²) in [6.07, 6.45) is 5.58. The van der Waals surface area contributed by atoms with Gasteiger partial charge < -0.3 is 5.73 Å². The van der Waals surface area contributed by atoms with Crippen LogP contribution in [0, 0.1) is 5.92 Å². The first-order chi connectivity index (χ1) is 9.13. The summed E-state index contributed by atoms with van der Waals surface area (Å²) in [5, 5.41) is 0. The lowest BCUT2D eigenvalue weighted by Gasteiger charge is -2.05. The third-order valence-electron chi connectivity index (χ3n) is 2.64. The van der Waals surface area contributed by atoms with Crippen LogP contribution in [-0.4, -0.2) is 9.97 Å². The lowest BCUT2D eigenvalue weighted by Crippen LogP contribution is -2.00. The summed E-state index contributed by atoms with van der Waals surface area (Å²) in [5.41, 5.74) is 7.97. The van der Waals surface area contributed by atoms with Gasteiger partial charge in [-0.25, -0.2) is 4.98 Å². The Kier molecular flexibility index (Phi) is 6.58. The number of nitrogen functional groups attached to an aromatic ring is 1. The van der Waals surface area contributed by atoms with E-state index in [1.165, 1.54) is 0 Å². The summed E-state index contributed by atoms with van der Waals surface area (Å²) >= 11 is 0. The van der Waals surface area contributed by atoms with E-state index in [-0.39, 0.29) is 0 Å². The maximum absolute atomic E-state index is 5.66. The highest BCUT2D eigenvalue weighted by atomic mass is 14.8. The second-order valence-corrected chi connectivity index (χ2v) is 4.82. The van der Waals surface area contributed by atoms with Crippen molar-refractivity contribution in [1.29, 1.82) is 0 Å². The molecule has 0 spiro atoms. The van der Waals surface area contributed by atoms with E-state index >= 15 is 0 Å². The number of hydrogen-bond acceptors (Lipinski definition) is 3. The fraction of sp³-hybridized carbons (Fsp3) is 0.375. The Morgan fingerprint density at radius 1 is 1.05 bits per heavy atom. The molecule has 0 unspecified atom stereocenters. The molecule has 0 saturated carbocycles. The van der Waals surface area contributed by atoms with Crippen LogP contribution >= 0.6 is 0 Å². The Morgan fingerprint density at radius 3 is 2.26 bits per heavy atom. The molecule has 3 nitrogen and oxygen atoms in total. The van der Waals surface area contributed by atoms with Gasteiger partial charge in [0.05, 0.1) is 0 Å². The summed E-state index contributed by atoms with van der Waals surface area (Å²) in [6, 6.07) is 9.92. The second kappa shape index (κ2) is 8.25. The van der Waals surface area contributed by atoms with Gasteiger partial charge in [-0.15, -0.1) is 0 Å². The number of rotatable bonds is 3. The smallest absolute Gasteiger partial charge is 0.126 e. The minimum atomic E-state index is 0.640. The van der Waals surface area contributed by atoms with Crippen molar-refractivity contribution < 1.29 is 0 Å². The van der Waals surface area contributed by atoms with E-state index in [9.17, 15) is 0 Å². The van der Waals surface area contributed by atoms with Gasteiger partial charge in [0.1, 0.15) is 5.82 Å². The maximum Gasteiger partial charge on any atom is 0.126 e. The van der Waals surface area contributed by atoms with Crippen molar-refractivity contribution in [2.24, 2.45) is 5.92 Å². The minimum Gasteiger partial charge on any atom is -0.383 e.